The lowest BCUT2D eigenvalue weighted by Gasteiger charge is -2.25. The second-order valence-corrected chi connectivity index (χ2v) is 12.0. The number of carboxylic acids is 1. The molecule has 1 aliphatic rings. The average Bonchev–Trinajstić information content (AvgIpc) is 3.47. The molecule has 2 amide bonds. The summed E-state index contributed by atoms with van der Waals surface area (Å²) in [6.45, 7) is 6.75. The second kappa shape index (κ2) is 17.2. The quantitative estimate of drug-likeness (QED) is 0.229. The third-order valence-corrected chi connectivity index (χ3v) is 8.11. The molecule has 3 rings (SSSR count). The Kier molecular flexibility index (Phi) is 13.7. The van der Waals surface area contributed by atoms with E-state index in [1.807, 2.05) is 6.92 Å². The van der Waals surface area contributed by atoms with Crippen LogP contribution >= 0.6 is 23.4 Å². The number of carboxylic acid groups (broad SMARTS) is 1. The second-order valence-electron chi connectivity index (χ2n) is 10.6. The van der Waals surface area contributed by atoms with E-state index in [-0.39, 0.29) is 40.5 Å². The number of rotatable bonds is 17. The summed E-state index contributed by atoms with van der Waals surface area (Å²) in [5.41, 5.74) is 0.792. The minimum atomic E-state index is -1.35. The molecule has 2 aromatic rings. The number of hydrogen-bond donors (Lipinski definition) is 3. The summed E-state index contributed by atoms with van der Waals surface area (Å²) >= 11 is 7.09. The van der Waals surface area contributed by atoms with Gasteiger partial charge in [-0.2, -0.15) is 0 Å². The van der Waals surface area contributed by atoms with Crippen LogP contribution in [0.2, 0.25) is 5.02 Å². The number of aliphatic carboxylic acids is 1. The van der Waals surface area contributed by atoms with Gasteiger partial charge in [-0.15, -0.1) is 11.8 Å². The topological polar surface area (TPSA) is 140 Å². The molecule has 10 nitrogen and oxygen atoms in total. The first kappa shape index (κ1) is 35.1. The molecule has 3 atom stereocenters. The van der Waals surface area contributed by atoms with Gasteiger partial charge in [0.25, 0.3) is 0 Å². The number of Topliss-reactive ketones (excluding diaryl/α,β-unsaturated/α-hetero) is 1. The Bertz CT molecular complexity index is 1300. The predicted octanol–water partition coefficient (Wildman–Crippen LogP) is 4.19. The first-order valence-electron chi connectivity index (χ1n) is 14.3. The van der Waals surface area contributed by atoms with E-state index < -0.39 is 47.9 Å². The third kappa shape index (κ3) is 10.7. The molecule has 44 heavy (non-hydrogen) atoms. The van der Waals surface area contributed by atoms with Crippen LogP contribution in [0.15, 0.2) is 36.4 Å². The molecule has 3 unspecified atom stereocenters. The summed E-state index contributed by atoms with van der Waals surface area (Å²) in [5.74, 6) is -2.95. The van der Waals surface area contributed by atoms with Crippen LogP contribution in [0.5, 0.6) is 11.5 Å². The summed E-state index contributed by atoms with van der Waals surface area (Å²) < 4.78 is 31.1. The van der Waals surface area contributed by atoms with Crippen LogP contribution in [-0.4, -0.2) is 72.4 Å². The number of benzene rings is 2. The van der Waals surface area contributed by atoms with Crippen molar-refractivity contribution >= 4 is 46.9 Å². The van der Waals surface area contributed by atoms with Gasteiger partial charge in [-0.1, -0.05) is 31.5 Å². The van der Waals surface area contributed by atoms with Gasteiger partial charge in [0, 0.05) is 28.3 Å². The zero-order valence-corrected chi connectivity index (χ0v) is 26.5. The molecule has 0 spiro atoms. The maximum Gasteiger partial charge on any atom is 0.305 e. The maximum atomic E-state index is 14.1. The Balaban J connectivity index is 1.65. The van der Waals surface area contributed by atoms with E-state index in [0.29, 0.717) is 36.9 Å². The molecule has 1 heterocycles. The molecule has 0 aliphatic carbocycles. The largest absolute Gasteiger partial charge is 0.494 e. The molecule has 3 N–H and O–H groups in total. The summed E-state index contributed by atoms with van der Waals surface area (Å²) in [7, 11) is 0. The minimum absolute atomic E-state index is 0.0826. The molecule has 0 bridgehead atoms. The number of thioether (sulfide) groups is 1. The van der Waals surface area contributed by atoms with Crippen LogP contribution in [-0.2, 0) is 36.1 Å². The van der Waals surface area contributed by atoms with Crippen molar-refractivity contribution in [2.24, 2.45) is 5.92 Å². The van der Waals surface area contributed by atoms with Crippen molar-refractivity contribution in [2.75, 3.05) is 25.6 Å². The Morgan fingerprint density at radius 1 is 1.18 bits per heavy atom. The number of amides is 2. The lowest BCUT2D eigenvalue weighted by molar-refractivity contribution is -0.140. The van der Waals surface area contributed by atoms with E-state index in [4.69, 9.17) is 25.8 Å². The van der Waals surface area contributed by atoms with Gasteiger partial charge in [0.2, 0.25) is 11.8 Å². The number of hydrogen-bond acceptors (Lipinski definition) is 8. The zero-order valence-electron chi connectivity index (χ0n) is 24.9. The van der Waals surface area contributed by atoms with Crippen molar-refractivity contribution in [3.8, 4) is 11.5 Å². The van der Waals surface area contributed by atoms with Crippen LogP contribution in [0, 0.1) is 11.7 Å². The molecule has 1 aliphatic heterocycles. The van der Waals surface area contributed by atoms with Gasteiger partial charge in [0.05, 0.1) is 44.5 Å². The Hall–Kier alpha value is -3.35. The number of ether oxygens (including phenoxy) is 3. The molecule has 1 fully saturated rings. The number of ketones is 1. The first-order chi connectivity index (χ1) is 21.0. The molecule has 240 valence electrons. The number of halogens is 2. The van der Waals surface area contributed by atoms with Crippen molar-refractivity contribution < 1.29 is 42.9 Å². The summed E-state index contributed by atoms with van der Waals surface area (Å²) in [6, 6.07) is 7.07. The van der Waals surface area contributed by atoms with Crippen LogP contribution in [0.3, 0.4) is 0 Å². The summed E-state index contributed by atoms with van der Waals surface area (Å²) in [6.07, 6.45) is -0.0865. The average molecular weight is 653 g/mol. The monoisotopic (exact) mass is 652 g/mol. The Morgan fingerprint density at radius 3 is 2.59 bits per heavy atom. The van der Waals surface area contributed by atoms with E-state index in [2.05, 4.69) is 10.6 Å². The summed E-state index contributed by atoms with van der Waals surface area (Å²) in [5, 5.41) is 14.8. The molecule has 0 saturated carbocycles. The smallest absolute Gasteiger partial charge is 0.305 e. The number of nitrogens with one attached hydrogen (secondary N) is 2. The van der Waals surface area contributed by atoms with E-state index in [0.717, 1.165) is 18.2 Å². The van der Waals surface area contributed by atoms with Crippen LogP contribution in [0.1, 0.15) is 44.7 Å². The fraction of sp³-hybridized carbons (Fsp3) is 0.484. The van der Waals surface area contributed by atoms with Gasteiger partial charge < -0.3 is 30.0 Å². The highest BCUT2D eigenvalue weighted by Crippen LogP contribution is 2.27. The van der Waals surface area contributed by atoms with Crippen LogP contribution < -0.4 is 20.1 Å². The molecule has 0 radical (unpaired) electrons. The van der Waals surface area contributed by atoms with Gasteiger partial charge in [-0.05, 0) is 43.2 Å². The normalized spacial score (nSPS) is 15.8. The highest BCUT2D eigenvalue weighted by molar-refractivity contribution is 7.99. The highest BCUT2D eigenvalue weighted by Gasteiger charge is 2.30. The van der Waals surface area contributed by atoms with Crippen LogP contribution in [0.4, 0.5) is 4.39 Å². The Labute approximate surface area is 265 Å². The number of carbonyl (C=O) groups excluding carboxylic acids is 3. The van der Waals surface area contributed by atoms with Crippen molar-refractivity contribution in [1.29, 1.82) is 0 Å². The lowest BCUT2D eigenvalue weighted by Crippen LogP contribution is -2.54. The van der Waals surface area contributed by atoms with E-state index in [1.54, 1.807) is 32.0 Å². The van der Waals surface area contributed by atoms with Gasteiger partial charge in [-0.25, -0.2) is 4.39 Å². The fourth-order valence-electron chi connectivity index (χ4n) is 4.50. The minimum Gasteiger partial charge on any atom is -0.494 e. The molecule has 2 aromatic carbocycles. The SMILES string of the molecule is CCOc1ccc(OC2CCOC2)cc1CC(=O)NC(C(=O)NC(CC(=O)O)C(=O)CSCc1c(F)cccc1Cl)C(C)C. The lowest BCUT2D eigenvalue weighted by atomic mass is 10.0. The van der Waals surface area contributed by atoms with Crippen molar-refractivity contribution in [3.63, 3.8) is 0 Å². The van der Waals surface area contributed by atoms with Gasteiger partial charge >= 0.3 is 5.97 Å². The van der Waals surface area contributed by atoms with Crippen molar-refractivity contribution in [3.05, 3.63) is 58.4 Å². The first-order valence-corrected chi connectivity index (χ1v) is 15.9. The molecule has 0 aromatic heterocycles. The molecular formula is C31H38ClFN2O8S. The Morgan fingerprint density at radius 2 is 1.95 bits per heavy atom. The highest BCUT2D eigenvalue weighted by atomic mass is 35.5. The maximum absolute atomic E-state index is 14.1. The summed E-state index contributed by atoms with van der Waals surface area (Å²) in [4.78, 5) is 50.9. The molecule has 1 saturated heterocycles. The predicted molar refractivity (Wildman–Crippen MR) is 165 cm³/mol. The molecule has 13 heteroatoms. The van der Waals surface area contributed by atoms with E-state index in [1.165, 1.54) is 18.2 Å². The van der Waals surface area contributed by atoms with Crippen molar-refractivity contribution in [1.82, 2.24) is 10.6 Å². The molecular weight excluding hydrogens is 615 g/mol. The van der Waals surface area contributed by atoms with Gasteiger partial charge in [-0.3, -0.25) is 19.2 Å². The van der Waals surface area contributed by atoms with Crippen molar-refractivity contribution in [2.45, 2.75) is 64.0 Å². The standard InChI is InChI=1S/C31H38ClFN2O8S/c1-4-42-27-9-8-20(43-21-10-11-41-15-21)12-19(27)13-28(37)35-30(18(2)3)31(40)34-25(14-29(38)39)26(36)17-44-16-22-23(32)6-5-7-24(22)33/h5-9,12,18,21,25,30H,4,10-11,13-17H2,1-3H3,(H,34,40)(H,35,37)(H,38,39). The third-order valence-electron chi connectivity index (χ3n) is 6.78. The van der Waals surface area contributed by atoms with E-state index in [9.17, 15) is 28.7 Å². The van der Waals surface area contributed by atoms with Gasteiger partial charge in [0.1, 0.15) is 29.5 Å². The fourth-order valence-corrected chi connectivity index (χ4v) is 5.81. The van der Waals surface area contributed by atoms with E-state index >= 15 is 0 Å². The van der Waals surface area contributed by atoms with Gasteiger partial charge in [0.15, 0.2) is 5.78 Å². The van der Waals surface area contributed by atoms with Crippen LogP contribution in [0.25, 0.3) is 0 Å². The number of carbonyl (C=O) groups is 4. The zero-order chi connectivity index (χ0) is 32.2.